The number of primary amides is 1. The molecule has 5 heteroatoms. The summed E-state index contributed by atoms with van der Waals surface area (Å²) in [4.78, 5) is 22.8. The summed E-state index contributed by atoms with van der Waals surface area (Å²) in [5, 5.41) is 0. The van der Waals surface area contributed by atoms with Crippen molar-refractivity contribution in [2.45, 2.75) is 38.8 Å². The number of aromatic nitrogens is 2. The number of carbonyl (C=O) groups is 1. The summed E-state index contributed by atoms with van der Waals surface area (Å²) >= 11 is 0. The van der Waals surface area contributed by atoms with Crippen molar-refractivity contribution < 1.29 is 4.79 Å². The van der Waals surface area contributed by atoms with Gasteiger partial charge in [-0.2, -0.15) is 0 Å². The Hall–Kier alpha value is -2.27. The number of rotatable bonds is 4. The molecule has 1 amide bonds. The predicted octanol–water partition coefficient (Wildman–Crippen LogP) is 2.79. The highest BCUT2D eigenvalue weighted by Crippen LogP contribution is 2.32. The molecule has 0 saturated carbocycles. The lowest BCUT2D eigenvalue weighted by molar-refractivity contribution is 0.100. The van der Waals surface area contributed by atoms with Gasteiger partial charge in [0, 0.05) is 23.4 Å². The lowest BCUT2D eigenvalue weighted by Gasteiger charge is -2.27. The SMILES string of the molecule is CC(C)N1CCCC1c1ccnc(-c2ccc(C(N)=O)cc2)n1. The van der Waals surface area contributed by atoms with Crippen molar-refractivity contribution >= 4 is 5.91 Å². The van der Waals surface area contributed by atoms with Gasteiger partial charge in [0.1, 0.15) is 0 Å². The average Bonchev–Trinajstić information content (AvgIpc) is 3.05. The molecule has 1 saturated heterocycles. The van der Waals surface area contributed by atoms with E-state index in [1.54, 1.807) is 12.1 Å². The van der Waals surface area contributed by atoms with Crippen LogP contribution in [-0.2, 0) is 0 Å². The lowest BCUT2D eigenvalue weighted by Crippen LogP contribution is -2.30. The summed E-state index contributed by atoms with van der Waals surface area (Å²) in [6.07, 6.45) is 4.15. The van der Waals surface area contributed by atoms with Crippen LogP contribution in [0.1, 0.15) is 48.8 Å². The van der Waals surface area contributed by atoms with Crippen molar-refractivity contribution in [3.8, 4) is 11.4 Å². The molecule has 1 aromatic heterocycles. The molecule has 1 atom stereocenters. The fraction of sp³-hybridized carbons (Fsp3) is 0.389. The normalized spacial score (nSPS) is 18.5. The van der Waals surface area contributed by atoms with Gasteiger partial charge in [-0.25, -0.2) is 9.97 Å². The van der Waals surface area contributed by atoms with Crippen molar-refractivity contribution in [1.82, 2.24) is 14.9 Å². The fourth-order valence-corrected chi connectivity index (χ4v) is 3.21. The third-order valence-corrected chi connectivity index (χ3v) is 4.40. The maximum absolute atomic E-state index is 11.2. The molecule has 1 aliphatic heterocycles. The van der Waals surface area contributed by atoms with Crippen LogP contribution in [0, 0.1) is 0 Å². The monoisotopic (exact) mass is 310 g/mol. The molecule has 0 aliphatic carbocycles. The van der Waals surface area contributed by atoms with Gasteiger partial charge in [0.15, 0.2) is 5.82 Å². The van der Waals surface area contributed by atoms with E-state index in [0.717, 1.165) is 24.2 Å². The molecule has 3 rings (SSSR count). The molecule has 0 radical (unpaired) electrons. The molecule has 2 N–H and O–H groups in total. The number of nitrogens with two attached hydrogens (primary N) is 1. The maximum Gasteiger partial charge on any atom is 0.248 e. The van der Waals surface area contributed by atoms with Crippen LogP contribution >= 0.6 is 0 Å². The highest BCUT2D eigenvalue weighted by Gasteiger charge is 2.29. The largest absolute Gasteiger partial charge is 0.366 e. The van der Waals surface area contributed by atoms with E-state index < -0.39 is 5.91 Å². The van der Waals surface area contributed by atoms with E-state index in [4.69, 9.17) is 10.7 Å². The summed E-state index contributed by atoms with van der Waals surface area (Å²) in [7, 11) is 0. The van der Waals surface area contributed by atoms with Crippen molar-refractivity contribution in [2.24, 2.45) is 5.73 Å². The molecule has 2 heterocycles. The second-order valence-electron chi connectivity index (χ2n) is 6.24. The van der Waals surface area contributed by atoms with E-state index >= 15 is 0 Å². The van der Waals surface area contributed by atoms with E-state index in [0.29, 0.717) is 23.5 Å². The van der Waals surface area contributed by atoms with Gasteiger partial charge in [-0.1, -0.05) is 12.1 Å². The molecule has 1 unspecified atom stereocenters. The molecular formula is C18H22N4O. The van der Waals surface area contributed by atoms with Crippen LogP contribution in [0.2, 0.25) is 0 Å². The first-order valence-corrected chi connectivity index (χ1v) is 8.05. The van der Waals surface area contributed by atoms with Crippen molar-refractivity contribution in [2.75, 3.05) is 6.54 Å². The van der Waals surface area contributed by atoms with E-state index in [1.807, 2.05) is 24.4 Å². The van der Waals surface area contributed by atoms with Gasteiger partial charge in [-0.3, -0.25) is 9.69 Å². The number of nitrogens with zero attached hydrogens (tertiary/aromatic N) is 3. The highest BCUT2D eigenvalue weighted by atomic mass is 16.1. The Morgan fingerprint density at radius 3 is 2.65 bits per heavy atom. The highest BCUT2D eigenvalue weighted by molar-refractivity contribution is 5.93. The third-order valence-electron chi connectivity index (χ3n) is 4.40. The smallest absolute Gasteiger partial charge is 0.248 e. The molecule has 1 aromatic carbocycles. The van der Waals surface area contributed by atoms with Crippen LogP contribution in [0.5, 0.6) is 0 Å². The minimum Gasteiger partial charge on any atom is -0.366 e. The second kappa shape index (κ2) is 6.46. The minimum atomic E-state index is -0.426. The molecule has 2 aromatic rings. The first kappa shape index (κ1) is 15.6. The number of amides is 1. The molecule has 5 nitrogen and oxygen atoms in total. The van der Waals surface area contributed by atoms with E-state index in [9.17, 15) is 4.79 Å². The summed E-state index contributed by atoms with van der Waals surface area (Å²) in [6, 6.07) is 9.99. The standard InChI is InChI=1S/C18H22N4O/c1-12(2)22-11-3-4-16(22)15-9-10-20-18(21-15)14-7-5-13(6-8-14)17(19)23/h5-10,12,16H,3-4,11H2,1-2H3,(H2,19,23). The number of carbonyl (C=O) groups excluding carboxylic acids is 1. The maximum atomic E-state index is 11.2. The predicted molar refractivity (Wildman–Crippen MR) is 89.8 cm³/mol. The van der Waals surface area contributed by atoms with Crippen molar-refractivity contribution in [1.29, 1.82) is 0 Å². The average molecular weight is 310 g/mol. The zero-order valence-electron chi connectivity index (χ0n) is 13.6. The van der Waals surface area contributed by atoms with Crippen LogP contribution in [0.15, 0.2) is 36.5 Å². The molecule has 120 valence electrons. The summed E-state index contributed by atoms with van der Waals surface area (Å²) in [6.45, 7) is 5.57. The Balaban J connectivity index is 1.89. The van der Waals surface area contributed by atoms with Gasteiger partial charge < -0.3 is 5.73 Å². The molecule has 0 spiro atoms. The Kier molecular flexibility index (Phi) is 4.39. The molecule has 1 fully saturated rings. The van der Waals surface area contributed by atoms with Crippen LogP contribution in [0.25, 0.3) is 11.4 Å². The van der Waals surface area contributed by atoms with Crippen molar-refractivity contribution in [3.05, 3.63) is 47.8 Å². The Morgan fingerprint density at radius 2 is 2.00 bits per heavy atom. The van der Waals surface area contributed by atoms with Gasteiger partial charge in [0.25, 0.3) is 0 Å². The lowest BCUT2D eigenvalue weighted by atomic mass is 10.1. The zero-order valence-corrected chi connectivity index (χ0v) is 13.6. The molecule has 0 bridgehead atoms. The van der Waals surface area contributed by atoms with Crippen LogP contribution < -0.4 is 5.73 Å². The first-order valence-electron chi connectivity index (χ1n) is 8.05. The zero-order chi connectivity index (χ0) is 16.4. The van der Waals surface area contributed by atoms with Crippen LogP contribution in [0.3, 0.4) is 0 Å². The summed E-state index contributed by atoms with van der Waals surface area (Å²) in [5.41, 5.74) is 7.73. The van der Waals surface area contributed by atoms with Crippen LogP contribution in [-0.4, -0.2) is 33.4 Å². The van der Waals surface area contributed by atoms with Gasteiger partial charge in [0.05, 0.1) is 11.7 Å². The number of hydrogen-bond acceptors (Lipinski definition) is 4. The van der Waals surface area contributed by atoms with Crippen molar-refractivity contribution in [3.63, 3.8) is 0 Å². The Morgan fingerprint density at radius 1 is 1.26 bits per heavy atom. The van der Waals surface area contributed by atoms with E-state index in [2.05, 4.69) is 23.7 Å². The van der Waals surface area contributed by atoms with Gasteiger partial charge >= 0.3 is 0 Å². The molecule has 1 aliphatic rings. The van der Waals surface area contributed by atoms with Gasteiger partial charge in [-0.05, 0) is 51.4 Å². The molecular weight excluding hydrogens is 288 g/mol. The van der Waals surface area contributed by atoms with Gasteiger partial charge in [0.2, 0.25) is 5.91 Å². The number of benzene rings is 1. The van der Waals surface area contributed by atoms with E-state index in [1.165, 1.54) is 6.42 Å². The Labute approximate surface area is 136 Å². The quantitative estimate of drug-likeness (QED) is 0.942. The molecule has 23 heavy (non-hydrogen) atoms. The number of hydrogen-bond donors (Lipinski definition) is 1. The summed E-state index contributed by atoms with van der Waals surface area (Å²) < 4.78 is 0. The fourth-order valence-electron chi connectivity index (χ4n) is 3.21. The first-order chi connectivity index (χ1) is 11.1. The third kappa shape index (κ3) is 3.24. The Bertz CT molecular complexity index is 696. The van der Waals surface area contributed by atoms with Crippen LogP contribution in [0.4, 0.5) is 0 Å². The minimum absolute atomic E-state index is 0.363. The summed E-state index contributed by atoms with van der Waals surface area (Å²) in [5.74, 6) is 0.263. The number of likely N-dealkylation sites (tertiary alicyclic amines) is 1. The second-order valence-corrected chi connectivity index (χ2v) is 6.24. The topological polar surface area (TPSA) is 72.1 Å². The van der Waals surface area contributed by atoms with E-state index in [-0.39, 0.29) is 0 Å². The van der Waals surface area contributed by atoms with Gasteiger partial charge in [-0.15, -0.1) is 0 Å².